The number of halogens is 2. The molecule has 0 bridgehead atoms. The number of methoxy groups -OCH3 is 1. The van der Waals surface area contributed by atoms with Gasteiger partial charge in [-0.3, -0.25) is 0 Å². The molecule has 0 aliphatic rings. The minimum atomic E-state index is -2.67. The Labute approximate surface area is 150 Å². The van der Waals surface area contributed by atoms with Crippen molar-refractivity contribution < 1.29 is 32.5 Å². The summed E-state index contributed by atoms with van der Waals surface area (Å²) in [5.41, 5.74) is 0.923. The van der Waals surface area contributed by atoms with Crippen LogP contribution in [-0.2, 0) is 11.3 Å². The van der Waals surface area contributed by atoms with Gasteiger partial charge in [-0.15, -0.1) is 0 Å². The van der Waals surface area contributed by atoms with Crippen LogP contribution >= 0.6 is 0 Å². The highest BCUT2D eigenvalue weighted by Crippen LogP contribution is 2.34. The molecule has 0 saturated carbocycles. The second-order valence-corrected chi connectivity index (χ2v) is 5.35. The van der Waals surface area contributed by atoms with Crippen LogP contribution in [0.25, 0.3) is 0 Å². The molecule has 0 saturated heterocycles. The summed E-state index contributed by atoms with van der Waals surface area (Å²) in [6.07, 6.45) is -3.57. The molecule has 0 aromatic heterocycles. The van der Waals surface area contributed by atoms with Crippen LogP contribution < -0.4 is 14.2 Å². The van der Waals surface area contributed by atoms with Crippen molar-refractivity contribution in [2.24, 2.45) is 0 Å². The topological polar surface area (TPSA) is 54.0 Å². The molecule has 0 fully saturated rings. The van der Waals surface area contributed by atoms with Crippen LogP contribution in [0.1, 0.15) is 30.0 Å². The molecule has 0 heterocycles. The van der Waals surface area contributed by atoms with E-state index >= 15 is 0 Å². The second-order valence-electron chi connectivity index (χ2n) is 5.35. The van der Waals surface area contributed by atoms with Crippen LogP contribution in [0, 0.1) is 6.92 Å². The van der Waals surface area contributed by atoms with E-state index in [0.29, 0.717) is 23.5 Å². The van der Waals surface area contributed by atoms with E-state index in [1.54, 1.807) is 38.1 Å². The monoisotopic (exact) mass is 366 g/mol. The van der Waals surface area contributed by atoms with E-state index in [1.165, 1.54) is 19.2 Å². The molecule has 0 atom stereocenters. The molecule has 0 aliphatic carbocycles. The Morgan fingerprint density at radius 3 is 2.46 bits per heavy atom. The lowest BCUT2D eigenvalue weighted by molar-refractivity contribution is 0.120. The van der Waals surface area contributed by atoms with Gasteiger partial charge in [0.25, 0.3) is 6.43 Å². The molecule has 2 rings (SSSR count). The molecular formula is C19H20F2O5. The average Bonchev–Trinajstić information content (AvgIpc) is 2.62. The molecule has 2 aromatic carbocycles. The number of rotatable bonds is 7. The minimum Gasteiger partial charge on any atom is -0.493 e. The van der Waals surface area contributed by atoms with Gasteiger partial charge >= 0.3 is 6.16 Å². The number of hydrogen-bond acceptors (Lipinski definition) is 5. The first-order valence-corrected chi connectivity index (χ1v) is 7.98. The number of alkyl halides is 2. The van der Waals surface area contributed by atoms with Crippen LogP contribution in [0.15, 0.2) is 36.4 Å². The smallest absolute Gasteiger partial charge is 0.493 e. The van der Waals surface area contributed by atoms with E-state index in [9.17, 15) is 13.6 Å². The van der Waals surface area contributed by atoms with Crippen molar-refractivity contribution in [1.82, 2.24) is 0 Å². The third-order valence-corrected chi connectivity index (χ3v) is 3.52. The van der Waals surface area contributed by atoms with Gasteiger partial charge in [-0.1, -0.05) is 17.7 Å². The molecule has 2 aromatic rings. The van der Waals surface area contributed by atoms with Crippen LogP contribution in [0.5, 0.6) is 17.2 Å². The van der Waals surface area contributed by atoms with Crippen molar-refractivity contribution in [3.8, 4) is 17.2 Å². The zero-order valence-electron chi connectivity index (χ0n) is 14.8. The molecule has 7 heteroatoms. The van der Waals surface area contributed by atoms with Gasteiger partial charge in [-0.2, -0.15) is 0 Å². The molecule has 0 unspecified atom stereocenters. The molecule has 140 valence electrons. The summed E-state index contributed by atoms with van der Waals surface area (Å²) in [7, 11) is 1.19. The van der Waals surface area contributed by atoms with Gasteiger partial charge in [0.1, 0.15) is 23.9 Å². The van der Waals surface area contributed by atoms with Crippen LogP contribution in [0.2, 0.25) is 0 Å². The lowest BCUT2D eigenvalue weighted by Crippen LogP contribution is -2.11. The van der Waals surface area contributed by atoms with Crippen LogP contribution in [0.3, 0.4) is 0 Å². The zero-order chi connectivity index (χ0) is 19.1. The predicted octanol–water partition coefficient (Wildman–Crippen LogP) is 5.06. The summed E-state index contributed by atoms with van der Waals surface area (Å²) in [5, 5.41) is 0. The number of benzene rings is 2. The maximum atomic E-state index is 13.2. The Morgan fingerprint density at radius 2 is 1.81 bits per heavy atom. The predicted molar refractivity (Wildman–Crippen MR) is 91.1 cm³/mol. The first-order valence-electron chi connectivity index (χ1n) is 7.98. The first-order chi connectivity index (χ1) is 12.5. The van der Waals surface area contributed by atoms with Crippen LogP contribution in [0.4, 0.5) is 13.6 Å². The maximum Gasteiger partial charge on any atom is 0.513 e. The van der Waals surface area contributed by atoms with Crippen molar-refractivity contribution in [3.05, 3.63) is 53.1 Å². The fourth-order valence-corrected chi connectivity index (χ4v) is 2.33. The van der Waals surface area contributed by atoms with Gasteiger partial charge in [-0.25, -0.2) is 13.6 Å². The summed E-state index contributed by atoms with van der Waals surface area (Å²) in [6.45, 7) is 3.78. The highest BCUT2D eigenvalue weighted by molar-refractivity contribution is 5.65. The number of aryl methyl sites for hydroxylation is 1. The van der Waals surface area contributed by atoms with E-state index in [4.69, 9.17) is 14.2 Å². The molecule has 0 amide bonds. The van der Waals surface area contributed by atoms with Gasteiger partial charge in [0.05, 0.1) is 24.8 Å². The van der Waals surface area contributed by atoms with Gasteiger partial charge < -0.3 is 18.9 Å². The van der Waals surface area contributed by atoms with Crippen molar-refractivity contribution in [2.75, 3.05) is 13.7 Å². The van der Waals surface area contributed by atoms with Gasteiger partial charge in [-0.05, 0) is 38.1 Å². The number of ether oxygens (including phenoxy) is 4. The standard InChI is InChI=1S/C19H20F2O5/c1-4-24-15-6-5-7-17(26-19(22)23-3)14(15)11-25-16-9-8-12(2)10-13(16)18(20)21/h5-10,18H,4,11H2,1-3H3. The Hall–Kier alpha value is -2.83. The lowest BCUT2D eigenvalue weighted by atomic mass is 10.1. The summed E-state index contributed by atoms with van der Waals surface area (Å²) in [4.78, 5) is 11.4. The molecule has 26 heavy (non-hydrogen) atoms. The molecule has 0 aliphatic heterocycles. The Kier molecular flexibility index (Phi) is 6.77. The molecular weight excluding hydrogens is 346 g/mol. The SMILES string of the molecule is CCOc1cccc(OC(=O)OC)c1COc1ccc(C)cc1C(F)F. The third-order valence-electron chi connectivity index (χ3n) is 3.52. The van der Waals surface area contributed by atoms with Crippen LogP contribution in [-0.4, -0.2) is 19.9 Å². The zero-order valence-corrected chi connectivity index (χ0v) is 14.8. The molecule has 0 N–H and O–H groups in total. The lowest BCUT2D eigenvalue weighted by Gasteiger charge is -2.16. The van der Waals surface area contributed by atoms with E-state index in [1.807, 2.05) is 0 Å². The van der Waals surface area contributed by atoms with E-state index in [-0.39, 0.29) is 23.7 Å². The van der Waals surface area contributed by atoms with E-state index < -0.39 is 12.6 Å². The maximum absolute atomic E-state index is 13.2. The first kappa shape index (κ1) is 19.5. The second kappa shape index (κ2) is 9.03. The number of hydrogen-bond donors (Lipinski definition) is 0. The number of carbonyl (C=O) groups is 1. The van der Waals surface area contributed by atoms with Gasteiger partial charge in [0.15, 0.2) is 0 Å². The molecule has 0 spiro atoms. The fraction of sp³-hybridized carbons (Fsp3) is 0.316. The normalized spacial score (nSPS) is 10.5. The van der Waals surface area contributed by atoms with Crippen molar-refractivity contribution in [3.63, 3.8) is 0 Å². The number of carbonyl (C=O) groups excluding carboxylic acids is 1. The van der Waals surface area contributed by atoms with Crippen molar-refractivity contribution >= 4 is 6.16 Å². The summed E-state index contributed by atoms with van der Waals surface area (Å²) in [6, 6.07) is 9.41. The third kappa shape index (κ3) is 4.84. The van der Waals surface area contributed by atoms with Crippen molar-refractivity contribution in [2.45, 2.75) is 26.9 Å². The van der Waals surface area contributed by atoms with Crippen molar-refractivity contribution in [1.29, 1.82) is 0 Å². The summed E-state index contributed by atoms with van der Waals surface area (Å²) < 4.78 is 47.2. The van der Waals surface area contributed by atoms with Gasteiger partial charge in [0, 0.05) is 0 Å². The summed E-state index contributed by atoms with van der Waals surface area (Å²) >= 11 is 0. The molecule has 5 nitrogen and oxygen atoms in total. The van der Waals surface area contributed by atoms with E-state index in [2.05, 4.69) is 4.74 Å². The Morgan fingerprint density at radius 1 is 1.08 bits per heavy atom. The summed E-state index contributed by atoms with van der Waals surface area (Å²) in [5.74, 6) is 0.661. The fourth-order valence-electron chi connectivity index (χ4n) is 2.33. The quantitative estimate of drug-likeness (QED) is 0.507. The average molecular weight is 366 g/mol. The Balaban J connectivity index is 2.32. The Bertz CT molecular complexity index is 762. The van der Waals surface area contributed by atoms with Gasteiger partial charge in [0.2, 0.25) is 0 Å². The highest BCUT2D eigenvalue weighted by atomic mass is 19.3. The van der Waals surface area contributed by atoms with E-state index in [0.717, 1.165) is 0 Å². The largest absolute Gasteiger partial charge is 0.513 e. The minimum absolute atomic E-state index is 0.0564. The molecule has 0 radical (unpaired) electrons. The highest BCUT2D eigenvalue weighted by Gasteiger charge is 2.18.